The second-order valence-corrected chi connectivity index (χ2v) is 7.89. The lowest BCUT2D eigenvalue weighted by molar-refractivity contribution is -0.362. The van der Waals surface area contributed by atoms with Crippen molar-refractivity contribution in [2.24, 2.45) is 0 Å². The fourth-order valence-electron chi connectivity index (χ4n) is 4.25. The second-order valence-electron chi connectivity index (χ2n) is 7.89. The van der Waals surface area contributed by atoms with Crippen molar-refractivity contribution in [2.45, 2.75) is 64.0 Å². The number of hydrogen-bond donors (Lipinski definition) is 3. The van der Waals surface area contributed by atoms with Crippen LogP contribution in [0.2, 0.25) is 0 Å². The molecule has 2 heterocycles. The van der Waals surface area contributed by atoms with Crippen molar-refractivity contribution in [2.75, 3.05) is 6.61 Å². The molecule has 6 heteroatoms. The molecule has 5 atom stereocenters. The van der Waals surface area contributed by atoms with Crippen LogP contribution in [0, 0.1) is 6.92 Å². The van der Waals surface area contributed by atoms with Crippen LogP contribution in [-0.2, 0) is 28.3 Å². The van der Waals surface area contributed by atoms with E-state index in [9.17, 15) is 15.3 Å². The molecule has 0 bridgehead atoms. The average molecular weight is 400 g/mol. The van der Waals surface area contributed by atoms with Crippen LogP contribution in [-0.4, -0.2) is 46.3 Å². The van der Waals surface area contributed by atoms with Crippen LogP contribution in [0.15, 0.2) is 36.4 Å². The number of aryl methyl sites for hydroxylation is 1. The average Bonchev–Trinajstić information content (AvgIpc) is 3.05. The van der Waals surface area contributed by atoms with Crippen LogP contribution in [0.4, 0.5) is 0 Å². The van der Waals surface area contributed by atoms with Crippen molar-refractivity contribution in [3.05, 3.63) is 64.2 Å². The van der Waals surface area contributed by atoms with Crippen LogP contribution in [0.3, 0.4) is 0 Å². The van der Waals surface area contributed by atoms with Gasteiger partial charge < -0.3 is 29.5 Å². The maximum absolute atomic E-state index is 10.7. The molecule has 1 spiro atoms. The molecular weight excluding hydrogens is 372 g/mol. The van der Waals surface area contributed by atoms with Crippen LogP contribution < -0.4 is 4.74 Å². The largest absolute Gasteiger partial charge is 0.494 e. The molecule has 6 nitrogen and oxygen atoms in total. The summed E-state index contributed by atoms with van der Waals surface area (Å²) in [5, 5.41) is 31.1. The summed E-state index contributed by atoms with van der Waals surface area (Å²) in [6, 6.07) is 12.0. The third kappa shape index (κ3) is 3.45. The minimum Gasteiger partial charge on any atom is -0.494 e. The van der Waals surface area contributed by atoms with E-state index in [0.29, 0.717) is 18.6 Å². The Morgan fingerprint density at radius 3 is 2.52 bits per heavy atom. The lowest BCUT2D eigenvalue weighted by atomic mass is 9.85. The first-order chi connectivity index (χ1) is 13.9. The number of rotatable bonds is 4. The van der Waals surface area contributed by atoms with Crippen LogP contribution in [0.25, 0.3) is 0 Å². The van der Waals surface area contributed by atoms with Gasteiger partial charge in [0.25, 0.3) is 0 Å². The third-order valence-electron chi connectivity index (χ3n) is 5.91. The van der Waals surface area contributed by atoms with E-state index in [-0.39, 0.29) is 6.61 Å². The Kier molecular flexibility index (Phi) is 5.40. The molecule has 3 N–H and O–H groups in total. The molecule has 0 saturated carbocycles. The summed E-state index contributed by atoms with van der Waals surface area (Å²) in [5.41, 5.74) is 4.99. The first kappa shape index (κ1) is 20.3. The van der Waals surface area contributed by atoms with Gasteiger partial charge in [0.15, 0.2) is 0 Å². The molecule has 1 fully saturated rings. The van der Waals surface area contributed by atoms with Gasteiger partial charge >= 0.3 is 0 Å². The molecule has 29 heavy (non-hydrogen) atoms. The van der Waals surface area contributed by atoms with Gasteiger partial charge in [0.1, 0.15) is 24.1 Å². The van der Waals surface area contributed by atoms with Gasteiger partial charge in [-0.1, -0.05) is 18.2 Å². The highest BCUT2D eigenvalue weighted by Crippen LogP contribution is 2.46. The van der Waals surface area contributed by atoms with Gasteiger partial charge in [0, 0.05) is 5.56 Å². The van der Waals surface area contributed by atoms with Crippen molar-refractivity contribution in [1.82, 2.24) is 0 Å². The standard InChI is InChI=1S/C23H28O6/c1-4-27-18-7-5-15(6-8-18)10-16-11-19-17(9-13(16)2)12-28-23(19)22(26)21(25)20(24)14(3)29-23/h5-9,11,14,20-22,24-26H,4,10,12H2,1-3H3/t14-,20-,21+,22-,23+/m1/s1. The number of aliphatic hydroxyl groups is 3. The van der Waals surface area contributed by atoms with Crippen molar-refractivity contribution in [1.29, 1.82) is 0 Å². The Morgan fingerprint density at radius 2 is 1.83 bits per heavy atom. The van der Waals surface area contributed by atoms with E-state index in [2.05, 4.69) is 6.92 Å². The topological polar surface area (TPSA) is 88.4 Å². The molecule has 2 aliphatic rings. The molecule has 2 aromatic rings. The highest BCUT2D eigenvalue weighted by molar-refractivity contribution is 5.45. The van der Waals surface area contributed by atoms with E-state index >= 15 is 0 Å². The highest BCUT2D eigenvalue weighted by atomic mass is 16.7. The van der Waals surface area contributed by atoms with Gasteiger partial charge in [-0.15, -0.1) is 0 Å². The SMILES string of the molecule is CCOc1ccc(Cc2cc3c(cc2C)CO[C@]32O[C@H](C)[C@@H](O)[C@H](O)[C@H]2O)cc1. The van der Waals surface area contributed by atoms with E-state index in [1.54, 1.807) is 6.92 Å². The van der Waals surface area contributed by atoms with Gasteiger partial charge in [-0.3, -0.25) is 0 Å². The van der Waals surface area contributed by atoms with E-state index in [1.165, 1.54) is 0 Å². The maximum atomic E-state index is 10.7. The zero-order valence-electron chi connectivity index (χ0n) is 17.0. The fraction of sp³-hybridized carbons (Fsp3) is 0.478. The first-order valence-electron chi connectivity index (χ1n) is 10.1. The van der Waals surface area contributed by atoms with Gasteiger partial charge in [0.2, 0.25) is 5.79 Å². The predicted octanol–water partition coefficient (Wildman–Crippen LogP) is 2.17. The molecule has 0 aromatic heterocycles. The number of benzene rings is 2. The summed E-state index contributed by atoms with van der Waals surface area (Å²) in [7, 11) is 0. The smallest absolute Gasteiger partial charge is 0.225 e. The van der Waals surface area contributed by atoms with Gasteiger partial charge in [-0.2, -0.15) is 0 Å². The maximum Gasteiger partial charge on any atom is 0.225 e. The fourth-order valence-corrected chi connectivity index (χ4v) is 4.25. The van der Waals surface area contributed by atoms with Gasteiger partial charge in [-0.25, -0.2) is 0 Å². The second kappa shape index (κ2) is 7.70. The minimum atomic E-state index is -1.46. The van der Waals surface area contributed by atoms with Gasteiger partial charge in [0.05, 0.1) is 19.3 Å². The highest BCUT2D eigenvalue weighted by Gasteiger charge is 2.57. The Labute approximate surface area is 170 Å². The van der Waals surface area contributed by atoms with E-state index in [0.717, 1.165) is 28.0 Å². The van der Waals surface area contributed by atoms with Crippen LogP contribution in [0.5, 0.6) is 5.75 Å². The summed E-state index contributed by atoms with van der Waals surface area (Å²) < 4.78 is 17.3. The Hall–Kier alpha value is -1.96. The summed E-state index contributed by atoms with van der Waals surface area (Å²) in [6.45, 7) is 6.59. The zero-order chi connectivity index (χ0) is 20.8. The molecule has 156 valence electrons. The molecule has 0 unspecified atom stereocenters. The normalized spacial score (nSPS) is 31.1. The molecule has 2 aromatic carbocycles. The Bertz CT molecular complexity index is 880. The van der Waals surface area contributed by atoms with E-state index in [4.69, 9.17) is 14.2 Å². The van der Waals surface area contributed by atoms with Crippen molar-refractivity contribution < 1.29 is 29.5 Å². The lowest BCUT2D eigenvalue weighted by Gasteiger charge is -2.45. The predicted molar refractivity (Wildman–Crippen MR) is 107 cm³/mol. The molecule has 0 aliphatic carbocycles. The number of hydrogen-bond acceptors (Lipinski definition) is 6. The third-order valence-corrected chi connectivity index (χ3v) is 5.91. The number of fused-ring (bicyclic) bond motifs is 2. The van der Waals surface area contributed by atoms with Gasteiger partial charge in [-0.05, 0) is 67.6 Å². The molecule has 4 rings (SSSR count). The van der Waals surface area contributed by atoms with Crippen molar-refractivity contribution in [3.63, 3.8) is 0 Å². The molecule has 0 radical (unpaired) electrons. The summed E-state index contributed by atoms with van der Waals surface area (Å²) in [4.78, 5) is 0. The quantitative estimate of drug-likeness (QED) is 0.729. The molecule has 2 aliphatic heterocycles. The summed E-state index contributed by atoms with van der Waals surface area (Å²) in [5.74, 6) is -0.621. The number of ether oxygens (including phenoxy) is 3. The Morgan fingerprint density at radius 1 is 1.10 bits per heavy atom. The monoisotopic (exact) mass is 400 g/mol. The van der Waals surface area contributed by atoms with Crippen molar-refractivity contribution >= 4 is 0 Å². The Balaban J connectivity index is 1.67. The summed E-state index contributed by atoms with van der Waals surface area (Å²) in [6.07, 6.45) is -3.86. The minimum absolute atomic E-state index is 0.284. The molecular formula is C23H28O6. The first-order valence-corrected chi connectivity index (χ1v) is 10.1. The van der Waals surface area contributed by atoms with E-state index in [1.807, 2.05) is 43.3 Å². The number of aliphatic hydroxyl groups excluding tert-OH is 3. The summed E-state index contributed by atoms with van der Waals surface area (Å²) >= 11 is 0. The van der Waals surface area contributed by atoms with Crippen LogP contribution in [0.1, 0.15) is 41.7 Å². The zero-order valence-corrected chi connectivity index (χ0v) is 17.0. The van der Waals surface area contributed by atoms with Crippen LogP contribution >= 0.6 is 0 Å². The van der Waals surface area contributed by atoms with Crippen molar-refractivity contribution in [3.8, 4) is 5.75 Å². The molecule has 0 amide bonds. The lowest BCUT2D eigenvalue weighted by Crippen LogP contribution is -2.62. The molecule has 1 saturated heterocycles. The van der Waals surface area contributed by atoms with E-state index < -0.39 is 30.2 Å².